The highest BCUT2D eigenvalue weighted by atomic mass is 79.9. The minimum absolute atomic E-state index is 0.108. The third-order valence-electron chi connectivity index (χ3n) is 4.06. The molecule has 0 N–H and O–H groups in total. The van der Waals surface area contributed by atoms with Gasteiger partial charge in [-0.05, 0) is 48.1 Å². The summed E-state index contributed by atoms with van der Waals surface area (Å²) < 4.78 is 43.9. The predicted octanol–water partition coefficient (Wildman–Crippen LogP) is 5.05. The number of halogens is 4. The average molecular weight is 347 g/mol. The number of benzene rings is 1. The molecule has 0 unspecified atom stereocenters. The molecule has 5 heteroatoms. The van der Waals surface area contributed by atoms with Crippen molar-refractivity contribution in [1.82, 2.24) is 0 Å². The van der Waals surface area contributed by atoms with Crippen molar-refractivity contribution in [2.45, 2.75) is 25.4 Å². The zero-order valence-electron chi connectivity index (χ0n) is 10.8. The first-order valence-corrected chi connectivity index (χ1v) is 7.43. The Bertz CT molecular complexity index is 563. The lowest BCUT2D eigenvalue weighted by molar-refractivity contribution is -0.138. The number of rotatable bonds is 1. The highest BCUT2D eigenvalue weighted by molar-refractivity contribution is 9.10. The number of hydrogen-bond acceptors (Lipinski definition) is 1. The average Bonchev–Trinajstić information content (AvgIpc) is 2.85. The number of alkyl halides is 3. The van der Waals surface area contributed by atoms with Crippen molar-refractivity contribution in [2.75, 3.05) is 13.2 Å². The van der Waals surface area contributed by atoms with Crippen LogP contribution in [0, 0.1) is 5.92 Å². The summed E-state index contributed by atoms with van der Waals surface area (Å²) >= 11 is 3.05. The lowest BCUT2D eigenvalue weighted by Gasteiger charge is -2.22. The van der Waals surface area contributed by atoms with Gasteiger partial charge in [-0.1, -0.05) is 22.0 Å². The van der Waals surface area contributed by atoms with Crippen molar-refractivity contribution in [3.63, 3.8) is 0 Å². The van der Waals surface area contributed by atoms with Crippen molar-refractivity contribution >= 4 is 21.5 Å². The zero-order valence-corrected chi connectivity index (χ0v) is 12.4. The first-order chi connectivity index (χ1) is 9.47. The molecule has 1 heterocycles. The van der Waals surface area contributed by atoms with Gasteiger partial charge in [0, 0.05) is 10.4 Å². The molecule has 20 heavy (non-hydrogen) atoms. The van der Waals surface area contributed by atoms with Gasteiger partial charge in [-0.15, -0.1) is 0 Å². The third-order valence-corrected chi connectivity index (χ3v) is 4.72. The van der Waals surface area contributed by atoms with Crippen LogP contribution in [0.5, 0.6) is 0 Å². The van der Waals surface area contributed by atoms with Crippen molar-refractivity contribution in [2.24, 2.45) is 5.92 Å². The van der Waals surface area contributed by atoms with Gasteiger partial charge in [-0.3, -0.25) is 0 Å². The van der Waals surface area contributed by atoms with Crippen molar-refractivity contribution < 1.29 is 17.9 Å². The molecule has 0 aromatic heterocycles. The summed E-state index contributed by atoms with van der Waals surface area (Å²) in [5, 5.41) is 0. The van der Waals surface area contributed by atoms with Gasteiger partial charge >= 0.3 is 6.18 Å². The SMILES string of the molecule is FC(F)(F)c1ccc(C2=C3COC[C@@H]3CCC2)cc1Br. The Labute approximate surface area is 123 Å². The van der Waals surface area contributed by atoms with Crippen LogP contribution in [0.2, 0.25) is 0 Å². The minimum Gasteiger partial charge on any atom is -0.376 e. The van der Waals surface area contributed by atoms with Gasteiger partial charge in [0.15, 0.2) is 0 Å². The lowest BCUT2D eigenvalue weighted by atomic mass is 9.82. The first kappa shape index (κ1) is 14.1. The molecule has 108 valence electrons. The lowest BCUT2D eigenvalue weighted by Crippen LogP contribution is -2.11. The van der Waals surface area contributed by atoms with E-state index >= 15 is 0 Å². The molecule has 1 nitrogen and oxygen atoms in total. The largest absolute Gasteiger partial charge is 0.417 e. The van der Waals surface area contributed by atoms with Crippen LogP contribution in [-0.4, -0.2) is 13.2 Å². The Kier molecular flexibility index (Phi) is 3.67. The molecule has 1 aromatic rings. The smallest absolute Gasteiger partial charge is 0.376 e. The summed E-state index contributed by atoms with van der Waals surface area (Å²) in [4.78, 5) is 0. The normalized spacial score (nSPS) is 23.1. The Morgan fingerprint density at radius 2 is 2.05 bits per heavy atom. The summed E-state index contributed by atoms with van der Waals surface area (Å²) in [7, 11) is 0. The van der Waals surface area contributed by atoms with E-state index in [1.165, 1.54) is 11.1 Å². The quantitative estimate of drug-likeness (QED) is 0.691. The zero-order chi connectivity index (χ0) is 14.3. The molecule has 0 spiro atoms. The molecule has 0 amide bonds. The second-order valence-corrected chi connectivity index (χ2v) is 6.15. The molecule has 2 aliphatic rings. The molecular formula is C15H14BrF3O. The van der Waals surface area contributed by atoms with Crippen LogP contribution in [0.4, 0.5) is 13.2 Å². The number of ether oxygens (including phenoxy) is 1. The van der Waals surface area contributed by atoms with Gasteiger partial charge in [0.25, 0.3) is 0 Å². The second-order valence-electron chi connectivity index (χ2n) is 5.30. The minimum atomic E-state index is -4.32. The van der Waals surface area contributed by atoms with E-state index in [4.69, 9.17) is 4.74 Å². The highest BCUT2D eigenvalue weighted by Gasteiger charge is 2.34. The van der Waals surface area contributed by atoms with E-state index in [-0.39, 0.29) is 4.47 Å². The Morgan fingerprint density at radius 3 is 2.75 bits per heavy atom. The van der Waals surface area contributed by atoms with Crippen LogP contribution >= 0.6 is 15.9 Å². The molecule has 0 saturated carbocycles. The van der Waals surface area contributed by atoms with E-state index in [9.17, 15) is 13.2 Å². The van der Waals surface area contributed by atoms with Gasteiger partial charge < -0.3 is 4.74 Å². The van der Waals surface area contributed by atoms with E-state index < -0.39 is 11.7 Å². The predicted molar refractivity (Wildman–Crippen MR) is 74.2 cm³/mol. The summed E-state index contributed by atoms with van der Waals surface area (Å²) in [5.74, 6) is 0.458. The molecule has 0 bridgehead atoms. The molecule has 1 saturated heterocycles. The van der Waals surface area contributed by atoms with Crippen molar-refractivity contribution in [3.8, 4) is 0 Å². The van der Waals surface area contributed by atoms with Gasteiger partial charge in [0.1, 0.15) is 0 Å². The molecular weight excluding hydrogens is 333 g/mol. The molecule has 3 rings (SSSR count). The van der Waals surface area contributed by atoms with Crippen LogP contribution < -0.4 is 0 Å². The van der Waals surface area contributed by atoms with Gasteiger partial charge in [-0.25, -0.2) is 0 Å². The summed E-state index contributed by atoms with van der Waals surface area (Å²) in [5.41, 5.74) is 2.72. The molecule has 1 aliphatic heterocycles. The van der Waals surface area contributed by atoms with Gasteiger partial charge in [-0.2, -0.15) is 13.2 Å². The van der Waals surface area contributed by atoms with Crippen LogP contribution in [-0.2, 0) is 10.9 Å². The van der Waals surface area contributed by atoms with E-state index in [0.717, 1.165) is 37.5 Å². The van der Waals surface area contributed by atoms with Gasteiger partial charge in [0.2, 0.25) is 0 Å². The van der Waals surface area contributed by atoms with Crippen LogP contribution in [0.1, 0.15) is 30.4 Å². The number of hydrogen-bond donors (Lipinski definition) is 0. The fraction of sp³-hybridized carbons (Fsp3) is 0.467. The summed E-state index contributed by atoms with van der Waals surface area (Å²) in [6, 6.07) is 4.33. The van der Waals surface area contributed by atoms with Gasteiger partial charge in [0.05, 0.1) is 18.8 Å². The summed E-state index contributed by atoms with van der Waals surface area (Å²) in [6.45, 7) is 1.37. The fourth-order valence-corrected chi connectivity index (χ4v) is 3.67. The molecule has 0 radical (unpaired) electrons. The van der Waals surface area contributed by atoms with Crippen LogP contribution in [0.25, 0.3) is 5.57 Å². The Morgan fingerprint density at radius 1 is 1.25 bits per heavy atom. The highest BCUT2D eigenvalue weighted by Crippen LogP contribution is 2.42. The summed E-state index contributed by atoms with van der Waals surface area (Å²) in [6.07, 6.45) is -1.19. The van der Waals surface area contributed by atoms with Crippen LogP contribution in [0.15, 0.2) is 28.2 Å². The maximum atomic E-state index is 12.8. The monoisotopic (exact) mass is 346 g/mol. The number of allylic oxidation sites excluding steroid dienone is 1. The van der Waals surface area contributed by atoms with E-state index in [0.29, 0.717) is 12.5 Å². The van der Waals surface area contributed by atoms with Crippen molar-refractivity contribution in [3.05, 3.63) is 39.4 Å². The molecule has 1 aliphatic carbocycles. The maximum Gasteiger partial charge on any atom is 0.417 e. The topological polar surface area (TPSA) is 9.23 Å². The fourth-order valence-electron chi connectivity index (χ4n) is 3.07. The molecule has 1 atom stereocenters. The first-order valence-electron chi connectivity index (χ1n) is 6.63. The molecule has 1 fully saturated rings. The third kappa shape index (κ3) is 2.53. The Hall–Kier alpha value is -0.810. The second kappa shape index (κ2) is 5.19. The Balaban J connectivity index is 2.01. The van der Waals surface area contributed by atoms with E-state index in [1.54, 1.807) is 12.1 Å². The molecule has 1 aromatic carbocycles. The maximum absolute atomic E-state index is 12.8. The van der Waals surface area contributed by atoms with E-state index in [2.05, 4.69) is 15.9 Å². The van der Waals surface area contributed by atoms with Crippen molar-refractivity contribution in [1.29, 1.82) is 0 Å². The standard InChI is InChI=1S/C15H14BrF3O/c16-14-6-9(4-5-13(14)15(17,18)19)11-3-1-2-10-7-20-8-12(10)11/h4-6,10H,1-3,7-8H2/t10-/m0/s1. The van der Waals surface area contributed by atoms with E-state index in [1.807, 2.05) is 0 Å². The number of fused-ring (bicyclic) bond motifs is 1. The van der Waals surface area contributed by atoms with Crippen LogP contribution in [0.3, 0.4) is 0 Å².